The summed E-state index contributed by atoms with van der Waals surface area (Å²) in [5, 5.41) is 15.3. The molecule has 1 aliphatic carbocycles. The summed E-state index contributed by atoms with van der Waals surface area (Å²) in [4.78, 5) is 22.1. The van der Waals surface area contributed by atoms with Crippen molar-refractivity contribution in [2.75, 3.05) is 5.32 Å². The number of nitrogens with one attached hydrogen (secondary N) is 1. The van der Waals surface area contributed by atoms with Gasteiger partial charge in [0, 0.05) is 17.8 Å². The van der Waals surface area contributed by atoms with Gasteiger partial charge in [-0.2, -0.15) is 0 Å². The number of hydrogen-bond donors (Lipinski definition) is 2. The first kappa shape index (κ1) is 21.2. The number of aliphatic hydroxyl groups is 1. The fraction of sp³-hybridized carbons (Fsp3) is 0.318. The van der Waals surface area contributed by atoms with E-state index in [0.29, 0.717) is 29.3 Å². The minimum atomic E-state index is -0.323. The van der Waals surface area contributed by atoms with Crippen LogP contribution in [0.3, 0.4) is 0 Å². The number of ketones is 1. The maximum absolute atomic E-state index is 13.1. The van der Waals surface area contributed by atoms with Gasteiger partial charge in [0.2, 0.25) is 5.78 Å². The first-order valence-corrected chi connectivity index (χ1v) is 11.7. The van der Waals surface area contributed by atoms with Gasteiger partial charge in [-0.3, -0.25) is 4.79 Å². The third kappa shape index (κ3) is 4.81. The largest absolute Gasteiger partial charge is 0.488 e. The Balaban J connectivity index is 1.46. The molecule has 1 fully saturated rings. The van der Waals surface area contributed by atoms with Crippen molar-refractivity contribution < 1.29 is 14.6 Å². The predicted molar refractivity (Wildman–Crippen MR) is 125 cm³/mol. The summed E-state index contributed by atoms with van der Waals surface area (Å²) in [5.74, 6) is 1.46. The number of benzene rings is 1. The Morgan fingerprint density at radius 2 is 2.20 bits per heavy atom. The van der Waals surface area contributed by atoms with Crippen molar-refractivity contribution in [3.05, 3.63) is 67.8 Å². The highest BCUT2D eigenvalue weighted by Gasteiger charge is 2.30. The highest BCUT2D eigenvalue weighted by Crippen LogP contribution is 2.29. The summed E-state index contributed by atoms with van der Waals surface area (Å²) in [7, 11) is 0. The van der Waals surface area contributed by atoms with E-state index in [0.717, 1.165) is 21.3 Å². The van der Waals surface area contributed by atoms with Crippen LogP contribution in [0, 0.1) is 9.49 Å². The minimum absolute atomic E-state index is 0.0945. The SMILES string of the molecule is C[C@@H]1C[C@@H](Nc2ncncc2C(=O)c2cc(COc3ccccc3I)cs2)C[C@@H]1O. The van der Waals surface area contributed by atoms with Gasteiger partial charge < -0.3 is 15.2 Å². The fourth-order valence-corrected chi connectivity index (χ4v) is 4.97. The van der Waals surface area contributed by atoms with Gasteiger partial charge in [-0.1, -0.05) is 19.1 Å². The molecule has 1 saturated carbocycles. The molecule has 3 aromatic rings. The summed E-state index contributed by atoms with van der Waals surface area (Å²) < 4.78 is 6.93. The van der Waals surface area contributed by atoms with Crippen LogP contribution in [0.5, 0.6) is 5.75 Å². The zero-order valence-corrected chi connectivity index (χ0v) is 19.4. The van der Waals surface area contributed by atoms with E-state index in [9.17, 15) is 9.90 Å². The highest BCUT2D eigenvalue weighted by molar-refractivity contribution is 14.1. The number of anilines is 1. The summed E-state index contributed by atoms with van der Waals surface area (Å²) in [5.41, 5.74) is 1.39. The number of aliphatic hydroxyl groups excluding tert-OH is 1. The number of nitrogens with zero attached hydrogens (tertiary/aromatic N) is 2. The number of thiophene rings is 1. The number of carbonyl (C=O) groups is 1. The number of rotatable bonds is 7. The zero-order valence-electron chi connectivity index (χ0n) is 16.4. The zero-order chi connectivity index (χ0) is 21.1. The van der Waals surface area contributed by atoms with Crippen molar-refractivity contribution in [2.45, 2.75) is 38.5 Å². The fourth-order valence-electron chi connectivity index (χ4n) is 3.57. The van der Waals surface area contributed by atoms with Crippen LogP contribution in [0.25, 0.3) is 0 Å². The molecule has 4 rings (SSSR count). The number of para-hydroxylation sites is 1. The normalized spacial score (nSPS) is 20.8. The first-order chi connectivity index (χ1) is 14.5. The molecule has 0 saturated heterocycles. The van der Waals surface area contributed by atoms with Crippen molar-refractivity contribution in [3.8, 4) is 5.75 Å². The number of hydrogen-bond acceptors (Lipinski definition) is 7. The Hall–Kier alpha value is -2.04. The van der Waals surface area contributed by atoms with Gasteiger partial charge in [-0.15, -0.1) is 11.3 Å². The standard InChI is InChI=1S/C22H22IN3O3S/c1-13-6-15(8-18(13)27)26-22-16(9-24-12-25-22)21(28)20-7-14(11-30-20)10-29-19-5-3-2-4-17(19)23/h2-5,7,9,11-13,15,18,27H,6,8,10H2,1H3,(H,24,25,26)/t13-,15-,18+/m1/s1. The number of carbonyl (C=O) groups excluding carboxylic acids is 1. The van der Waals surface area contributed by atoms with E-state index in [2.05, 4.69) is 37.9 Å². The summed E-state index contributed by atoms with van der Waals surface area (Å²) in [6, 6.07) is 9.79. The molecule has 1 aromatic carbocycles. The molecule has 0 unspecified atom stereocenters. The Labute approximate surface area is 192 Å². The smallest absolute Gasteiger partial charge is 0.208 e. The van der Waals surface area contributed by atoms with Gasteiger partial charge >= 0.3 is 0 Å². The molecular formula is C22H22IN3O3S. The molecule has 3 atom stereocenters. The molecule has 2 aromatic heterocycles. The lowest BCUT2D eigenvalue weighted by Gasteiger charge is -2.15. The van der Waals surface area contributed by atoms with Gasteiger partial charge in [0.25, 0.3) is 0 Å². The van der Waals surface area contributed by atoms with E-state index in [-0.39, 0.29) is 23.8 Å². The van der Waals surface area contributed by atoms with E-state index in [1.54, 1.807) is 6.20 Å². The van der Waals surface area contributed by atoms with Gasteiger partial charge in [0.15, 0.2) is 0 Å². The molecule has 2 heterocycles. The Morgan fingerprint density at radius 1 is 1.37 bits per heavy atom. The van der Waals surface area contributed by atoms with Crippen molar-refractivity contribution in [1.29, 1.82) is 0 Å². The Bertz CT molecular complexity index is 1030. The number of ether oxygens (including phenoxy) is 1. The second kappa shape index (κ2) is 9.40. The van der Waals surface area contributed by atoms with Gasteiger partial charge in [0.1, 0.15) is 24.5 Å². The summed E-state index contributed by atoms with van der Waals surface area (Å²) in [6.45, 7) is 2.43. The maximum atomic E-state index is 13.1. The molecule has 0 spiro atoms. The lowest BCUT2D eigenvalue weighted by molar-refractivity contribution is 0.104. The number of aromatic nitrogens is 2. The van der Waals surface area contributed by atoms with Crippen molar-refractivity contribution >= 4 is 45.5 Å². The van der Waals surface area contributed by atoms with E-state index >= 15 is 0 Å². The number of halogens is 1. The lowest BCUT2D eigenvalue weighted by atomic mass is 10.1. The van der Waals surface area contributed by atoms with Crippen molar-refractivity contribution in [2.24, 2.45) is 5.92 Å². The average Bonchev–Trinajstić information content (AvgIpc) is 3.34. The third-order valence-corrected chi connectivity index (χ3v) is 7.11. The van der Waals surface area contributed by atoms with Crippen LogP contribution in [-0.2, 0) is 6.61 Å². The van der Waals surface area contributed by atoms with E-state index in [1.807, 2.05) is 42.6 Å². The molecule has 0 bridgehead atoms. The van der Waals surface area contributed by atoms with E-state index < -0.39 is 0 Å². The van der Waals surface area contributed by atoms with E-state index in [1.165, 1.54) is 17.7 Å². The molecule has 2 N–H and O–H groups in total. The monoisotopic (exact) mass is 535 g/mol. The van der Waals surface area contributed by atoms with Crippen LogP contribution in [0.15, 0.2) is 48.2 Å². The van der Waals surface area contributed by atoms with Crippen LogP contribution in [0.2, 0.25) is 0 Å². The second-order valence-corrected chi connectivity index (χ2v) is 9.58. The van der Waals surface area contributed by atoms with Crippen LogP contribution in [0.1, 0.15) is 40.6 Å². The van der Waals surface area contributed by atoms with Gasteiger partial charge in [-0.05, 0) is 64.9 Å². The average molecular weight is 535 g/mol. The predicted octanol–water partition coefficient (Wildman–Crippen LogP) is 4.52. The third-order valence-electron chi connectivity index (χ3n) is 5.25. The van der Waals surface area contributed by atoms with Crippen LogP contribution in [-0.4, -0.2) is 33.0 Å². The molecule has 6 nitrogen and oxygen atoms in total. The quantitative estimate of drug-likeness (QED) is 0.342. The summed E-state index contributed by atoms with van der Waals surface area (Å²) in [6.07, 6.45) is 4.16. The molecule has 1 aliphatic rings. The molecule has 0 amide bonds. The Morgan fingerprint density at radius 3 is 2.97 bits per heavy atom. The summed E-state index contributed by atoms with van der Waals surface area (Å²) >= 11 is 3.63. The molecule has 156 valence electrons. The van der Waals surface area contributed by atoms with Crippen molar-refractivity contribution in [1.82, 2.24) is 9.97 Å². The highest BCUT2D eigenvalue weighted by atomic mass is 127. The van der Waals surface area contributed by atoms with Crippen molar-refractivity contribution in [3.63, 3.8) is 0 Å². The van der Waals surface area contributed by atoms with Crippen LogP contribution >= 0.6 is 33.9 Å². The van der Waals surface area contributed by atoms with Crippen LogP contribution in [0.4, 0.5) is 5.82 Å². The second-order valence-electron chi connectivity index (χ2n) is 7.51. The molecule has 0 aliphatic heterocycles. The molecule has 30 heavy (non-hydrogen) atoms. The van der Waals surface area contributed by atoms with Gasteiger partial charge in [-0.25, -0.2) is 9.97 Å². The molecular weight excluding hydrogens is 513 g/mol. The lowest BCUT2D eigenvalue weighted by Crippen LogP contribution is -2.20. The van der Waals surface area contributed by atoms with E-state index in [4.69, 9.17) is 4.74 Å². The van der Waals surface area contributed by atoms with Crippen LogP contribution < -0.4 is 10.1 Å². The first-order valence-electron chi connectivity index (χ1n) is 9.75. The Kier molecular flexibility index (Phi) is 6.64. The maximum Gasteiger partial charge on any atom is 0.208 e. The molecule has 8 heteroatoms. The van der Waals surface area contributed by atoms with Gasteiger partial charge in [0.05, 0.1) is 20.1 Å². The minimum Gasteiger partial charge on any atom is -0.488 e. The topological polar surface area (TPSA) is 84.3 Å². The molecule has 0 radical (unpaired) electrons.